The number of hydrogen-bond donors (Lipinski definition) is 2. The van der Waals surface area contributed by atoms with E-state index in [0.29, 0.717) is 59.5 Å². The normalized spacial score (nSPS) is 12.4. The van der Waals surface area contributed by atoms with E-state index in [0.717, 1.165) is 0 Å². The Kier molecular flexibility index (Phi) is 18.8. The van der Waals surface area contributed by atoms with Gasteiger partial charge in [-0.15, -0.1) is 0 Å². The van der Waals surface area contributed by atoms with Crippen LogP contribution in [0.15, 0.2) is 0 Å². The molecule has 0 aliphatic carbocycles. The standard InChI is InChI=1S/C15H30FNO8/c16-14(11-17)12-24-9-7-22-5-3-20-1-2-21-4-6-23-8-10-25-13-15(18)19/h14H,1-13,17H2,(H,18,19). The second-order valence-electron chi connectivity index (χ2n) is 4.80. The fourth-order valence-electron chi connectivity index (χ4n) is 1.44. The van der Waals surface area contributed by atoms with Crippen LogP contribution in [0.3, 0.4) is 0 Å². The molecule has 0 aromatic carbocycles. The van der Waals surface area contributed by atoms with E-state index in [1.54, 1.807) is 0 Å². The first-order valence-corrected chi connectivity index (χ1v) is 8.19. The highest BCUT2D eigenvalue weighted by Crippen LogP contribution is 1.89. The molecule has 0 aliphatic rings. The molecule has 0 aliphatic heterocycles. The lowest BCUT2D eigenvalue weighted by Crippen LogP contribution is -2.22. The van der Waals surface area contributed by atoms with Crippen LogP contribution in [-0.2, 0) is 33.2 Å². The molecule has 0 heterocycles. The van der Waals surface area contributed by atoms with Crippen molar-refractivity contribution in [1.82, 2.24) is 0 Å². The fourth-order valence-corrected chi connectivity index (χ4v) is 1.44. The topological polar surface area (TPSA) is 119 Å². The fraction of sp³-hybridized carbons (Fsp3) is 0.933. The second kappa shape index (κ2) is 19.4. The molecule has 0 saturated carbocycles. The Labute approximate surface area is 147 Å². The highest BCUT2D eigenvalue weighted by Gasteiger charge is 2.02. The molecule has 0 rings (SSSR count). The average molecular weight is 371 g/mol. The van der Waals surface area contributed by atoms with Crippen LogP contribution in [0.1, 0.15) is 0 Å². The highest BCUT2D eigenvalue weighted by molar-refractivity contribution is 5.67. The van der Waals surface area contributed by atoms with Gasteiger partial charge in [-0.3, -0.25) is 0 Å². The summed E-state index contributed by atoms with van der Waals surface area (Å²) in [5.41, 5.74) is 5.11. The van der Waals surface area contributed by atoms with Gasteiger partial charge in [0.2, 0.25) is 0 Å². The third-order valence-corrected chi connectivity index (χ3v) is 2.64. The SMILES string of the molecule is NCC(F)COCCOCCOCCOCCOCCOCC(=O)O. The molecule has 1 atom stereocenters. The van der Waals surface area contributed by atoms with E-state index in [1.807, 2.05) is 0 Å². The number of aliphatic carboxylic acids is 1. The Morgan fingerprint density at radius 2 is 1.12 bits per heavy atom. The lowest BCUT2D eigenvalue weighted by Gasteiger charge is -2.08. The molecule has 9 nitrogen and oxygen atoms in total. The summed E-state index contributed by atoms with van der Waals surface area (Å²) < 4.78 is 43.5. The smallest absolute Gasteiger partial charge is 0.329 e. The van der Waals surface area contributed by atoms with Crippen LogP contribution >= 0.6 is 0 Å². The first kappa shape index (κ1) is 24.1. The van der Waals surface area contributed by atoms with E-state index in [-0.39, 0.29) is 26.4 Å². The van der Waals surface area contributed by atoms with E-state index in [1.165, 1.54) is 0 Å². The van der Waals surface area contributed by atoms with Crippen molar-refractivity contribution < 1.29 is 42.7 Å². The van der Waals surface area contributed by atoms with Gasteiger partial charge in [0.25, 0.3) is 0 Å². The summed E-state index contributed by atoms with van der Waals surface area (Å²) in [4.78, 5) is 10.2. The number of alkyl halides is 1. The predicted octanol–water partition coefficient (Wildman–Crippen LogP) is -0.533. The van der Waals surface area contributed by atoms with E-state index < -0.39 is 12.1 Å². The van der Waals surface area contributed by atoms with Crippen LogP contribution in [0.4, 0.5) is 4.39 Å². The minimum absolute atomic E-state index is 0.00717. The van der Waals surface area contributed by atoms with Crippen molar-refractivity contribution in [2.75, 3.05) is 85.8 Å². The van der Waals surface area contributed by atoms with Crippen molar-refractivity contribution >= 4 is 5.97 Å². The van der Waals surface area contributed by atoms with Crippen LogP contribution in [0.2, 0.25) is 0 Å². The monoisotopic (exact) mass is 371 g/mol. The molecule has 0 aromatic heterocycles. The molecule has 1 unspecified atom stereocenters. The Hall–Kier alpha value is -0.880. The van der Waals surface area contributed by atoms with Crippen molar-refractivity contribution in [3.05, 3.63) is 0 Å². The third-order valence-electron chi connectivity index (χ3n) is 2.64. The molecule has 0 radical (unpaired) electrons. The zero-order valence-corrected chi connectivity index (χ0v) is 14.5. The summed E-state index contributed by atoms with van der Waals surface area (Å²) >= 11 is 0. The largest absolute Gasteiger partial charge is 0.480 e. The summed E-state index contributed by atoms with van der Waals surface area (Å²) in [6, 6.07) is 0. The number of carbonyl (C=O) groups is 1. The number of rotatable bonds is 20. The van der Waals surface area contributed by atoms with Crippen LogP contribution in [0, 0.1) is 0 Å². The lowest BCUT2D eigenvalue weighted by atomic mass is 10.4. The van der Waals surface area contributed by atoms with Gasteiger partial charge in [0.1, 0.15) is 12.8 Å². The van der Waals surface area contributed by atoms with Gasteiger partial charge in [0, 0.05) is 6.54 Å². The van der Waals surface area contributed by atoms with Gasteiger partial charge in [-0.2, -0.15) is 0 Å². The van der Waals surface area contributed by atoms with E-state index >= 15 is 0 Å². The van der Waals surface area contributed by atoms with Gasteiger partial charge in [-0.25, -0.2) is 9.18 Å². The van der Waals surface area contributed by atoms with Gasteiger partial charge >= 0.3 is 5.97 Å². The van der Waals surface area contributed by atoms with Gasteiger partial charge in [-0.05, 0) is 0 Å². The number of carboxylic acids is 1. The maximum atomic E-state index is 12.7. The molecule has 0 saturated heterocycles. The van der Waals surface area contributed by atoms with Crippen LogP contribution in [-0.4, -0.2) is 103 Å². The Morgan fingerprint density at radius 3 is 1.48 bits per heavy atom. The molecule has 0 spiro atoms. The average Bonchev–Trinajstić information content (AvgIpc) is 2.60. The molecule has 0 aromatic rings. The molecule has 0 amide bonds. The van der Waals surface area contributed by atoms with Gasteiger partial charge in [0.15, 0.2) is 0 Å². The molecular weight excluding hydrogens is 341 g/mol. The number of hydrogen-bond acceptors (Lipinski definition) is 8. The lowest BCUT2D eigenvalue weighted by molar-refractivity contribution is -0.142. The molecule has 3 N–H and O–H groups in total. The van der Waals surface area contributed by atoms with Crippen LogP contribution < -0.4 is 5.73 Å². The summed E-state index contributed by atoms with van der Waals surface area (Å²) in [5.74, 6) is -1.00. The van der Waals surface area contributed by atoms with Crippen molar-refractivity contribution in [2.45, 2.75) is 6.17 Å². The number of carboxylic acid groups (broad SMARTS) is 1. The second-order valence-corrected chi connectivity index (χ2v) is 4.80. The number of halogens is 1. The predicted molar refractivity (Wildman–Crippen MR) is 86.5 cm³/mol. The number of ether oxygens (including phenoxy) is 6. The van der Waals surface area contributed by atoms with Gasteiger partial charge in [-0.1, -0.05) is 0 Å². The maximum absolute atomic E-state index is 12.7. The first-order valence-electron chi connectivity index (χ1n) is 8.19. The molecule has 150 valence electrons. The molecular formula is C15H30FNO8. The van der Waals surface area contributed by atoms with E-state index in [2.05, 4.69) is 0 Å². The zero-order valence-electron chi connectivity index (χ0n) is 14.5. The summed E-state index contributed by atoms with van der Waals surface area (Å²) in [5, 5.41) is 8.34. The molecule has 0 fully saturated rings. The summed E-state index contributed by atoms with van der Waals surface area (Å²) in [6.07, 6.45) is -1.13. The minimum atomic E-state index is -1.13. The third kappa shape index (κ3) is 21.1. The zero-order chi connectivity index (χ0) is 18.6. The number of nitrogens with two attached hydrogens (primary N) is 1. The minimum Gasteiger partial charge on any atom is -0.480 e. The molecule has 25 heavy (non-hydrogen) atoms. The van der Waals surface area contributed by atoms with Crippen LogP contribution in [0.25, 0.3) is 0 Å². The van der Waals surface area contributed by atoms with Crippen molar-refractivity contribution in [2.24, 2.45) is 5.73 Å². The highest BCUT2D eigenvalue weighted by atomic mass is 19.1. The van der Waals surface area contributed by atoms with Crippen molar-refractivity contribution in [1.29, 1.82) is 0 Å². The van der Waals surface area contributed by atoms with E-state index in [9.17, 15) is 9.18 Å². The summed E-state index contributed by atoms with van der Waals surface area (Å²) in [7, 11) is 0. The molecule has 10 heteroatoms. The van der Waals surface area contributed by atoms with Crippen molar-refractivity contribution in [3.8, 4) is 0 Å². The van der Waals surface area contributed by atoms with Crippen LogP contribution in [0.5, 0.6) is 0 Å². The first-order chi connectivity index (χ1) is 12.2. The van der Waals surface area contributed by atoms with E-state index in [4.69, 9.17) is 39.3 Å². The molecule has 0 bridgehead atoms. The Bertz CT molecular complexity index is 299. The maximum Gasteiger partial charge on any atom is 0.329 e. The van der Waals surface area contributed by atoms with Gasteiger partial charge < -0.3 is 39.3 Å². The Balaban J connectivity index is 3.02. The quantitative estimate of drug-likeness (QED) is 0.272. The summed E-state index contributed by atoms with van der Waals surface area (Å²) in [6.45, 7) is 3.49. The Morgan fingerprint density at radius 1 is 0.760 bits per heavy atom. The van der Waals surface area contributed by atoms with Gasteiger partial charge in [0.05, 0.1) is 72.7 Å². The van der Waals surface area contributed by atoms with Crippen molar-refractivity contribution in [3.63, 3.8) is 0 Å².